The zero-order valence-corrected chi connectivity index (χ0v) is 13.9. The van der Waals surface area contributed by atoms with Crippen molar-refractivity contribution in [2.45, 2.75) is 25.4 Å². The molecule has 1 unspecified atom stereocenters. The van der Waals surface area contributed by atoms with Crippen molar-refractivity contribution < 1.29 is 18.9 Å². The van der Waals surface area contributed by atoms with E-state index < -0.39 is 0 Å². The SMILES string of the molecule is O=C1c2ccccc2C(=O)N1CC[NH+](Cc1ccc(F)cc1)C1CC1. The summed E-state index contributed by atoms with van der Waals surface area (Å²) >= 11 is 0. The summed E-state index contributed by atoms with van der Waals surface area (Å²) in [4.78, 5) is 27.6. The second kappa shape index (κ2) is 6.41. The number of carbonyl (C=O) groups is 2. The topological polar surface area (TPSA) is 41.8 Å². The first-order valence-electron chi connectivity index (χ1n) is 8.68. The van der Waals surface area contributed by atoms with Crippen LogP contribution in [0.25, 0.3) is 0 Å². The molecule has 2 aromatic rings. The Morgan fingerprint density at radius 1 is 0.960 bits per heavy atom. The predicted octanol–water partition coefficient (Wildman–Crippen LogP) is 1.67. The van der Waals surface area contributed by atoms with Crippen LogP contribution in [0.5, 0.6) is 0 Å². The molecule has 1 aliphatic heterocycles. The van der Waals surface area contributed by atoms with Crippen LogP contribution in [0.15, 0.2) is 48.5 Å². The largest absolute Gasteiger partial charge is 0.327 e. The molecule has 4 rings (SSSR count). The van der Waals surface area contributed by atoms with E-state index in [1.807, 2.05) is 0 Å². The molecule has 128 valence electrons. The fourth-order valence-corrected chi connectivity index (χ4v) is 3.49. The van der Waals surface area contributed by atoms with Gasteiger partial charge in [0.1, 0.15) is 12.4 Å². The second-order valence-electron chi connectivity index (χ2n) is 6.79. The molecule has 2 aromatic carbocycles. The van der Waals surface area contributed by atoms with E-state index in [1.54, 1.807) is 36.4 Å². The standard InChI is InChI=1S/C20H19FN2O2/c21-15-7-5-14(6-8-15)13-22(16-9-10-16)11-12-23-19(24)17-3-1-2-4-18(17)20(23)25/h1-8,16H,9-13H2/p+1. The average molecular weight is 339 g/mol. The Balaban J connectivity index is 1.43. The summed E-state index contributed by atoms with van der Waals surface area (Å²) in [5.74, 6) is -0.627. The van der Waals surface area contributed by atoms with Gasteiger partial charge in [-0.2, -0.15) is 0 Å². The van der Waals surface area contributed by atoms with Crippen molar-refractivity contribution in [1.82, 2.24) is 4.90 Å². The molecular weight excluding hydrogens is 319 g/mol. The Hall–Kier alpha value is -2.53. The van der Waals surface area contributed by atoms with E-state index >= 15 is 0 Å². The van der Waals surface area contributed by atoms with Crippen molar-refractivity contribution in [3.05, 3.63) is 71.0 Å². The number of nitrogens with one attached hydrogen (secondary N) is 1. The number of imide groups is 1. The van der Waals surface area contributed by atoms with Crippen LogP contribution in [0, 0.1) is 5.82 Å². The molecule has 1 aliphatic carbocycles. The van der Waals surface area contributed by atoms with Gasteiger partial charge in [-0.25, -0.2) is 4.39 Å². The molecule has 1 atom stereocenters. The fourth-order valence-electron chi connectivity index (χ4n) is 3.49. The third-order valence-corrected chi connectivity index (χ3v) is 5.03. The molecule has 4 nitrogen and oxygen atoms in total. The summed E-state index contributed by atoms with van der Waals surface area (Å²) in [6.45, 7) is 1.92. The van der Waals surface area contributed by atoms with E-state index in [1.165, 1.54) is 34.8 Å². The average Bonchev–Trinajstić information content (AvgIpc) is 3.44. The van der Waals surface area contributed by atoms with E-state index in [0.717, 1.165) is 12.1 Å². The van der Waals surface area contributed by atoms with Crippen LogP contribution in [0.1, 0.15) is 39.1 Å². The van der Waals surface area contributed by atoms with Crippen molar-refractivity contribution in [1.29, 1.82) is 0 Å². The van der Waals surface area contributed by atoms with Crippen LogP contribution in [0.2, 0.25) is 0 Å². The number of nitrogens with zero attached hydrogens (tertiary/aromatic N) is 1. The molecule has 0 spiro atoms. The number of rotatable bonds is 6. The first kappa shape index (κ1) is 16.0. The normalized spacial score (nSPS) is 17.7. The third kappa shape index (κ3) is 3.20. The fraction of sp³-hybridized carbons (Fsp3) is 0.300. The minimum absolute atomic E-state index is 0.197. The first-order valence-corrected chi connectivity index (χ1v) is 8.68. The van der Waals surface area contributed by atoms with Crippen molar-refractivity contribution in [2.24, 2.45) is 0 Å². The van der Waals surface area contributed by atoms with Gasteiger partial charge in [-0.15, -0.1) is 0 Å². The van der Waals surface area contributed by atoms with Crippen molar-refractivity contribution >= 4 is 11.8 Å². The molecule has 5 heteroatoms. The number of hydrogen-bond acceptors (Lipinski definition) is 2. The van der Waals surface area contributed by atoms with E-state index in [2.05, 4.69) is 0 Å². The second-order valence-corrected chi connectivity index (χ2v) is 6.79. The molecule has 0 saturated heterocycles. The van der Waals surface area contributed by atoms with Gasteiger partial charge in [0.05, 0.1) is 30.3 Å². The molecule has 0 radical (unpaired) electrons. The highest BCUT2D eigenvalue weighted by Crippen LogP contribution is 2.22. The molecule has 1 heterocycles. The van der Waals surface area contributed by atoms with E-state index in [-0.39, 0.29) is 17.6 Å². The summed E-state index contributed by atoms with van der Waals surface area (Å²) in [6.07, 6.45) is 2.33. The first-order chi connectivity index (χ1) is 12.1. The summed E-state index contributed by atoms with van der Waals surface area (Å²) in [6, 6.07) is 14.1. The number of quaternary nitrogens is 1. The van der Waals surface area contributed by atoms with Gasteiger partial charge in [-0.3, -0.25) is 14.5 Å². The molecule has 0 aromatic heterocycles. The van der Waals surface area contributed by atoms with Gasteiger partial charge >= 0.3 is 0 Å². The molecule has 0 bridgehead atoms. The summed E-state index contributed by atoms with van der Waals surface area (Å²) < 4.78 is 13.1. The maximum atomic E-state index is 13.1. The van der Waals surface area contributed by atoms with Crippen LogP contribution >= 0.6 is 0 Å². The van der Waals surface area contributed by atoms with Gasteiger partial charge in [-0.1, -0.05) is 24.3 Å². The maximum Gasteiger partial charge on any atom is 0.261 e. The van der Waals surface area contributed by atoms with Gasteiger partial charge in [0.15, 0.2) is 0 Å². The lowest BCUT2D eigenvalue weighted by Gasteiger charge is -2.22. The van der Waals surface area contributed by atoms with Crippen molar-refractivity contribution in [3.63, 3.8) is 0 Å². The minimum Gasteiger partial charge on any atom is -0.327 e. The quantitative estimate of drug-likeness (QED) is 0.814. The van der Waals surface area contributed by atoms with Crippen LogP contribution in [-0.4, -0.2) is 35.8 Å². The minimum atomic E-state index is -0.234. The van der Waals surface area contributed by atoms with Crippen LogP contribution < -0.4 is 4.90 Å². The summed E-state index contributed by atoms with van der Waals surface area (Å²) in [7, 11) is 0. The smallest absolute Gasteiger partial charge is 0.261 e. The van der Waals surface area contributed by atoms with Crippen LogP contribution in [0.4, 0.5) is 4.39 Å². The molecule has 25 heavy (non-hydrogen) atoms. The molecule has 2 aliphatic rings. The van der Waals surface area contributed by atoms with Gasteiger partial charge in [0.2, 0.25) is 0 Å². The Morgan fingerprint density at radius 2 is 1.56 bits per heavy atom. The zero-order valence-electron chi connectivity index (χ0n) is 13.9. The van der Waals surface area contributed by atoms with E-state index in [4.69, 9.17) is 0 Å². The number of carbonyl (C=O) groups excluding carboxylic acids is 2. The molecule has 1 fully saturated rings. The van der Waals surface area contributed by atoms with Gasteiger partial charge in [-0.05, 0) is 24.3 Å². The predicted molar refractivity (Wildman–Crippen MR) is 90.8 cm³/mol. The zero-order chi connectivity index (χ0) is 17.4. The highest BCUT2D eigenvalue weighted by atomic mass is 19.1. The van der Waals surface area contributed by atoms with Crippen molar-refractivity contribution in [3.8, 4) is 0 Å². The van der Waals surface area contributed by atoms with Crippen molar-refractivity contribution in [2.75, 3.05) is 13.1 Å². The highest BCUT2D eigenvalue weighted by Gasteiger charge is 2.38. The molecule has 1 N–H and O–H groups in total. The van der Waals surface area contributed by atoms with Gasteiger partial charge < -0.3 is 4.90 Å². The number of amides is 2. The lowest BCUT2D eigenvalue weighted by molar-refractivity contribution is -0.924. The Labute approximate surface area is 145 Å². The number of hydrogen-bond donors (Lipinski definition) is 1. The molecular formula is C20H20FN2O2+. The Morgan fingerprint density at radius 3 is 2.12 bits per heavy atom. The summed E-state index contributed by atoms with van der Waals surface area (Å²) in [5.41, 5.74) is 2.07. The summed E-state index contributed by atoms with van der Waals surface area (Å²) in [5, 5.41) is 0. The number of benzene rings is 2. The monoisotopic (exact) mass is 339 g/mol. The van der Waals surface area contributed by atoms with Gasteiger partial charge in [0, 0.05) is 18.4 Å². The molecule has 2 amide bonds. The lowest BCUT2D eigenvalue weighted by atomic mass is 10.1. The maximum absolute atomic E-state index is 13.1. The Bertz CT molecular complexity index is 780. The lowest BCUT2D eigenvalue weighted by Crippen LogP contribution is -3.12. The van der Waals surface area contributed by atoms with Crippen LogP contribution in [-0.2, 0) is 6.54 Å². The van der Waals surface area contributed by atoms with E-state index in [0.29, 0.717) is 30.3 Å². The number of halogens is 1. The molecule has 1 saturated carbocycles. The third-order valence-electron chi connectivity index (χ3n) is 5.03. The Kier molecular flexibility index (Phi) is 4.09. The van der Waals surface area contributed by atoms with Crippen LogP contribution in [0.3, 0.4) is 0 Å². The highest BCUT2D eigenvalue weighted by molar-refractivity contribution is 6.21. The van der Waals surface area contributed by atoms with E-state index in [9.17, 15) is 14.0 Å². The number of fused-ring (bicyclic) bond motifs is 1. The van der Waals surface area contributed by atoms with Gasteiger partial charge in [0.25, 0.3) is 11.8 Å².